The zero-order valence-electron chi connectivity index (χ0n) is 9.92. The predicted octanol–water partition coefficient (Wildman–Crippen LogP) is 4.82. The normalized spacial score (nSPS) is 17.8. The SMILES string of the molecule is Fc1ccc(OC2CCCCCC2)c(CBr)c1. The van der Waals surface area contributed by atoms with Crippen LogP contribution in [0.2, 0.25) is 0 Å². The molecule has 0 atom stereocenters. The minimum Gasteiger partial charge on any atom is -0.490 e. The summed E-state index contributed by atoms with van der Waals surface area (Å²) in [6, 6.07) is 4.76. The molecule has 0 unspecified atom stereocenters. The number of hydrogen-bond acceptors (Lipinski definition) is 1. The van der Waals surface area contributed by atoms with Crippen LogP contribution in [0.3, 0.4) is 0 Å². The summed E-state index contributed by atoms with van der Waals surface area (Å²) in [5.74, 6) is 0.628. The standard InChI is InChI=1S/C14H18BrFO/c15-10-11-9-12(16)7-8-14(11)17-13-5-3-1-2-4-6-13/h7-9,13H,1-6,10H2. The first kappa shape index (κ1) is 12.9. The second kappa shape index (κ2) is 6.39. The Morgan fingerprint density at radius 2 is 1.88 bits per heavy atom. The molecule has 0 heterocycles. The minimum atomic E-state index is -0.201. The summed E-state index contributed by atoms with van der Waals surface area (Å²) in [5.41, 5.74) is 0.897. The number of hydrogen-bond donors (Lipinski definition) is 0. The Bertz CT molecular complexity index is 359. The topological polar surface area (TPSA) is 9.23 Å². The lowest BCUT2D eigenvalue weighted by Gasteiger charge is -2.19. The van der Waals surface area contributed by atoms with Crippen molar-refractivity contribution in [3.8, 4) is 5.75 Å². The van der Waals surface area contributed by atoms with Gasteiger partial charge in [-0.1, -0.05) is 28.8 Å². The third-order valence-electron chi connectivity index (χ3n) is 3.26. The lowest BCUT2D eigenvalue weighted by molar-refractivity contribution is 0.182. The van der Waals surface area contributed by atoms with Gasteiger partial charge in [0.2, 0.25) is 0 Å². The van der Waals surface area contributed by atoms with E-state index in [4.69, 9.17) is 4.74 Å². The molecule has 17 heavy (non-hydrogen) atoms. The molecular formula is C14H18BrFO. The fourth-order valence-corrected chi connectivity index (χ4v) is 2.74. The van der Waals surface area contributed by atoms with E-state index in [1.165, 1.54) is 31.7 Å². The highest BCUT2D eigenvalue weighted by Gasteiger charge is 2.15. The lowest BCUT2D eigenvalue weighted by Crippen LogP contribution is -2.15. The van der Waals surface area contributed by atoms with Gasteiger partial charge in [0.25, 0.3) is 0 Å². The van der Waals surface area contributed by atoms with Gasteiger partial charge in [0, 0.05) is 10.9 Å². The van der Waals surface area contributed by atoms with Crippen LogP contribution in [-0.4, -0.2) is 6.10 Å². The van der Waals surface area contributed by atoms with Crippen molar-refractivity contribution in [1.82, 2.24) is 0 Å². The molecule has 0 N–H and O–H groups in total. The molecule has 1 fully saturated rings. The van der Waals surface area contributed by atoms with E-state index in [2.05, 4.69) is 15.9 Å². The Kier molecular flexibility index (Phi) is 4.84. The molecule has 3 heteroatoms. The van der Waals surface area contributed by atoms with Gasteiger partial charge in [-0.15, -0.1) is 0 Å². The molecule has 1 aliphatic carbocycles. The van der Waals surface area contributed by atoms with Gasteiger partial charge >= 0.3 is 0 Å². The van der Waals surface area contributed by atoms with Crippen LogP contribution in [0.25, 0.3) is 0 Å². The fourth-order valence-electron chi connectivity index (χ4n) is 2.31. The van der Waals surface area contributed by atoms with Crippen LogP contribution in [0, 0.1) is 5.82 Å². The van der Waals surface area contributed by atoms with E-state index in [1.807, 2.05) is 0 Å². The summed E-state index contributed by atoms with van der Waals surface area (Å²) in [6.07, 6.45) is 7.67. The van der Waals surface area contributed by atoms with Crippen molar-refractivity contribution in [3.05, 3.63) is 29.6 Å². The van der Waals surface area contributed by atoms with Crippen LogP contribution in [0.4, 0.5) is 4.39 Å². The summed E-state index contributed by atoms with van der Waals surface area (Å²) < 4.78 is 19.1. The number of halogens is 2. The highest BCUT2D eigenvalue weighted by molar-refractivity contribution is 9.08. The maximum Gasteiger partial charge on any atom is 0.123 e. The molecule has 94 valence electrons. The molecule has 0 saturated heterocycles. The molecule has 1 saturated carbocycles. The molecule has 0 radical (unpaired) electrons. The van der Waals surface area contributed by atoms with Crippen LogP contribution in [-0.2, 0) is 5.33 Å². The van der Waals surface area contributed by atoms with E-state index >= 15 is 0 Å². The smallest absolute Gasteiger partial charge is 0.123 e. The first-order valence-corrected chi connectivity index (χ1v) is 7.43. The number of alkyl halides is 1. The van der Waals surface area contributed by atoms with Crippen LogP contribution >= 0.6 is 15.9 Å². The van der Waals surface area contributed by atoms with Gasteiger partial charge in [-0.3, -0.25) is 0 Å². The molecule has 0 aromatic heterocycles. The van der Waals surface area contributed by atoms with Crippen LogP contribution in [0.1, 0.15) is 44.1 Å². The molecule has 0 spiro atoms. The minimum absolute atomic E-state index is 0.201. The highest BCUT2D eigenvalue weighted by atomic mass is 79.9. The Morgan fingerprint density at radius 3 is 2.53 bits per heavy atom. The van der Waals surface area contributed by atoms with Crippen molar-refractivity contribution in [2.24, 2.45) is 0 Å². The number of ether oxygens (including phenoxy) is 1. The summed E-state index contributed by atoms with van der Waals surface area (Å²) in [7, 11) is 0. The zero-order valence-corrected chi connectivity index (χ0v) is 11.5. The summed E-state index contributed by atoms with van der Waals surface area (Å²) in [6.45, 7) is 0. The quantitative estimate of drug-likeness (QED) is 0.574. The summed E-state index contributed by atoms with van der Waals surface area (Å²) in [5, 5.41) is 0.632. The van der Waals surface area contributed by atoms with E-state index in [0.717, 1.165) is 24.2 Å². The van der Waals surface area contributed by atoms with Gasteiger partial charge in [0.15, 0.2) is 0 Å². The van der Waals surface area contributed by atoms with E-state index in [-0.39, 0.29) is 5.82 Å². The molecule has 0 amide bonds. The Balaban J connectivity index is 2.06. The monoisotopic (exact) mass is 300 g/mol. The third-order valence-corrected chi connectivity index (χ3v) is 3.87. The van der Waals surface area contributed by atoms with E-state index in [0.29, 0.717) is 11.4 Å². The molecule has 1 nitrogen and oxygen atoms in total. The number of benzene rings is 1. The van der Waals surface area contributed by atoms with Crippen molar-refractivity contribution in [1.29, 1.82) is 0 Å². The molecule has 1 aliphatic rings. The largest absolute Gasteiger partial charge is 0.490 e. The second-order valence-electron chi connectivity index (χ2n) is 4.62. The van der Waals surface area contributed by atoms with Crippen molar-refractivity contribution in [2.75, 3.05) is 0 Å². The van der Waals surface area contributed by atoms with E-state index < -0.39 is 0 Å². The molecule has 0 aliphatic heterocycles. The fraction of sp³-hybridized carbons (Fsp3) is 0.571. The highest BCUT2D eigenvalue weighted by Crippen LogP contribution is 2.27. The maximum atomic E-state index is 13.1. The van der Waals surface area contributed by atoms with Gasteiger partial charge < -0.3 is 4.74 Å². The Morgan fingerprint density at radius 1 is 1.18 bits per heavy atom. The van der Waals surface area contributed by atoms with Crippen molar-refractivity contribution < 1.29 is 9.13 Å². The number of rotatable bonds is 3. The maximum absolute atomic E-state index is 13.1. The average Bonchev–Trinajstić information content (AvgIpc) is 2.60. The molecule has 1 aromatic rings. The zero-order chi connectivity index (χ0) is 12.1. The molecule has 1 aromatic carbocycles. The van der Waals surface area contributed by atoms with Crippen molar-refractivity contribution in [2.45, 2.75) is 50.0 Å². The second-order valence-corrected chi connectivity index (χ2v) is 5.18. The molecule has 0 bridgehead atoms. The van der Waals surface area contributed by atoms with Crippen LogP contribution in [0.15, 0.2) is 18.2 Å². The molecular weight excluding hydrogens is 283 g/mol. The van der Waals surface area contributed by atoms with Crippen LogP contribution in [0.5, 0.6) is 5.75 Å². The van der Waals surface area contributed by atoms with Crippen LogP contribution < -0.4 is 4.74 Å². The summed E-state index contributed by atoms with van der Waals surface area (Å²) in [4.78, 5) is 0. The first-order valence-electron chi connectivity index (χ1n) is 6.30. The van der Waals surface area contributed by atoms with Gasteiger partial charge in [0.1, 0.15) is 11.6 Å². The van der Waals surface area contributed by atoms with E-state index in [9.17, 15) is 4.39 Å². The van der Waals surface area contributed by atoms with Gasteiger partial charge in [-0.2, -0.15) is 0 Å². The van der Waals surface area contributed by atoms with Gasteiger partial charge in [-0.05, 0) is 43.9 Å². The predicted molar refractivity (Wildman–Crippen MR) is 71.1 cm³/mol. The van der Waals surface area contributed by atoms with Gasteiger partial charge in [-0.25, -0.2) is 4.39 Å². The Hall–Kier alpha value is -0.570. The van der Waals surface area contributed by atoms with Crippen molar-refractivity contribution >= 4 is 15.9 Å². The summed E-state index contributed by atoms with van der Waals surface area (Å²) >= 11 is 3.38. The third kappa shape index (κ3) is 3.70. The first-order chi connectivity index (χ1) is 8.29. The molecule has 2 rings (SSSR count). The van der Waals surface area contributed by atoms with Gasteiger partial charge in [0.05, 0.1) is 6.10 Å². The Labute approximate surface area is 110 Å². The average molecular weight is 301 g/mol. The van der Waals surface area contributed by atoms with Crippen molar-refractivity contribution in [3.63, 3.8) is 0 Å². The van der Waals surface area contributed by atoms with E-state index in [1.54, 1.807) is 12.1 Å². The lowest BCUT2D eigenvalue weighted by atomic mass is 10.1.